The molecule has 0 spiro atoms. The van der Waals surface area contributed by atoms with E-state index < -0.39 is 0 Å². The van der Waals surface area contributed by atoms with Gasteiger partial charge in [0.25, 0.3) is 0 Å². The maximum Gasteiger partial charge on any atom is 0.122 e. The molecule has 0 aliphatic heterocycles. The molecule has 0 saturated carbocycles. The van der Waals surface area contributed by atoms with Gasteiger partial charge in [0.1, 0.15) is 17.5 Å². The van der Waals surface area contributed by atoms with Gasteiger partial charge in [-0.3, -0.25) is 0 Å². The molecule has 0 bridgehead atoms. The van der Waals surface area contributed by atoms with Crippen LogP contribution < -0.4 is 4.74 Å². The summed E-state index contributed by atoms with van der Waals surface area (Å²) < 4.78 is 7.08. The number of aliphatic hydroxyl groups excluding tert-OH is 1. The first kappa shape index (κ1) is 11.5. The standard InChI is InChI=1S/C13H14N2O2/c1-9-11-7-10(8-14)15(5-6-16)12(11)3-4-13(9)17-2/h3-4,7,16H,5-6H2,1-2H3. The number of nitriles is 1. The highest BCUT2D eigenvalue weighted by Crippen LogP contribution is 2.29. The maximum atomic E-state index is 9.08. The summed E-state index contributed by atoms with van der Waals surface area (Å²) in [5.41, 5.74) is 2.53. The number of hydrogen-bond donors (Lipinski definition) is 1. The lowest BCUT2D eigenvalue weighted by Crippen LogP contribution is -2.03. The number of aryl methyl sites for hydroxylation is 1. The first-order valence-corrected chi connectivity index (χ1v) is 5.40. The summed E-state index contributed by atoms with van der Waals surface area (Å²) in [7, 11) is 1.63. The molecule has 1 aromatic heterocycles. The summed E-state index contributed by atoms with van der Waals surface area (Å²) in [6.07, 6.45) is 0. The van der Waals surface area contributed by atoms with Crippen molar-refractivity contribution in [3.8, 4) is 11.8 Å². The van der Waals surface area contributed by atoms with Crippen LogP contribution in [-0.2, 0) is 6.54 Å². The molecule has 0 amide bonds. The molecule has 1 N–H and O–H groups in total. The number of rotatable bonds is 3. The number of benzene rings is 1. The van der Waals surface area contributed by atoms with Gasteiger partial charge < -0.3 is 14.4 Å². The Morgan fingerprint density at radius 1 is 1.47 bits per heavy atom. The molecular formula is C13H14N2O2. The molecule has 2 rings (SSSR count). The van der Waals surface area contributed by atoms with Crippen LogP contribution in [0.4, 0.5) is 0 Å². The summed E-state index contributed by atoms with van der Waals surface area (Å²) in [4.78, 5) is 0. The monoisotopic (exact) mass is 230 g/mol. The summed E-state index contributed by atoms with van der Waals surface area (Å²) in [6.45, 7) is 2.41. The molecule has 1 aromatic carbocycles. The third-order valence-electron chi connectivity index (χ3n) is 2.96. The number of aliphatic hydroxyl groups is 1. The van der Waals surface area contributed by atoms with Gasteiger partial charge in [-0.1, -0.05) is 0 Å². The van der Waals surface area contributed by atoms with Crippen LogP contribution in [0.2, 0.25) is 0 Å². The molecule has 0 aliphatic rings. The van der Waals surface area contributed by atoms with Gasteiger partial charge in [0.05, 0.1) is 13.7 Å². The molecule has 88 valence electrons. The van der Waals surface area contributed by atoms with Crippen LogP contribution in [-0.4, -0.2) is 23.4 Å². The van der Waals surface area contributed by atoms with Crippen molar-refractivity contribution >= 4 is 10.9 Å². The fourth-order valence-corrected chi connectivity index (χ4v) is 2.11. The Labute approximate surface area is 99.7 Å². The van der Waals surface area contributed by atoms with Crippen LogP contribution in [0, 0.1) is 18.3 Å². The van der Waals surface area contributed by atoms with Crippen LogP contribution >= 0.6 is 0 Å². The van der Waals surface area contributed by atoms with Gasteiger partial charge >= 0.3 is 0 Å². The van der Waals surface area contributed by atoms with Crippen LogP contribution in [0.5, 0.6) is 5.75 Å². The molecule has 0 saturated heterocycles. The number of ether oxygens (including phenoxy) is 1. The zero-order valence-electron chi connectivity index (χ0n) is 9.90. The first-order chi connectivity index (χ1) is 8.22. The van der Waals surface area contributed by atoms with Gasteiger partial charge in [0.15, 0.2) is 0 Å². The minimum Gasteiger partial charge on any atom is -0.496 e. The molecule has 0 aliphatic carbocycles. The van der Waals surface area contributed by atoms with Crippen LogP contribution in [0.25, 0.3) is 10.9 Å². The van der Waals surface area contributed by atoms with Crippen molar-refractivity contribution in [2.45, 2.75) is 13.5 Å². The van der Waals surface area contributed by atoms with E-state index in [4.69, 9.17) is 15.1 Å². The predicted octanol–water partition coefficient (Wildman–Crippen LogP) is 1.82. The fourth-order valence-electron chi connectivity index (χ4n) is 2.11. The molecular weight excluding hydrogens is 216 g/mol. The number of methoxy groups -OCH3 is 1. The number of nitrogens with zero attached hydrogens (tertiary/aromatic N) is 2. The molecule has 4 heteroatoms. The molecule has 2 aromatic rings. The van der Waals surface area contributed by atoms with Crippen molar-refractivity contribution in [3.05, 3.63) is 29.5 Å². The van der Waals surface area contributed by atoms with Gasteiger partial charge in [-0.25, -0.2) is 0 Å². The third kappa shape index (κ3) is 1.75. The van der Waals surface area contributed by atoms with Crippen molar-refractivity contribution in [2.24, 2.45) is 0 Å². The van der Waals surface area contributed by atoms with E-state index in [0.29, 0.717) is 12.2 Å². The van der Waals surface area contributed by atoms with E-state index in [2.05, 4.69) is 6.07 Å². The highest BCUT2D eigenvalue weighted by molar-refractivity contribution is 5.87. The Bertz CT molecular complexity index is 593. The summed E-state index contributed by atoms with van der Waals surface area (Å²) >= 11 is 0. The molecule has 17 heavy (non-hydrogen) atoms. The molecule has 0 fully saturated rings. The lowest BCUT2D eigenvalue weighted by Gasteiger charge is -2.07. The lowest BCUT2D eigenvalue weighted by atomic mass is 10.1. The normalized spacial score (nSPS) is 10.5. The summed E-state index contributed by atoms with van der Waals surface area (Å²) in [5.74, 6) is 0.808. The zero-order chi connectivity index (χ0) is 12.4. The molecule has 0 atom stereocenters. The van der Waals surface area contributed by atoms with Crippen molar-refractivity contribution in [3.63, 3.8) is 0 Å². The van der Waals surface area contributed by atoms with Gasteiger partial charge in [0.2, 0.25) is 0 Å². The van der Waals surface area contributed by atoms with E-state index in [0.717, 1.165) is 22.2 Å². The first-order valence-electron chi connectivity index (χ1n) is 5.40. The van der Waals surface area contributed by atoms with E-state index in [9.17, 15) is 0 Å². The highest BCUT2D eigenvalue weighted by Gasteiger charge is 2.12. The van der Waals surface area contributed by atoms with E-state index in [1.165, 1.54) is 0 Å². The second-order valence-corrected chi connectivity index (χ2v) is 3.84. The van der Waals surface area contributed by atoms with E-state index in [-0.39, 0.29) is 6.61 Å². The Kier molecular flexibility index (Phi) is 3.03. The predicted molar refractivity (Wildman–Crippen MR) is 65.0 cm³/mol. The quantitative estimate of drug-likeness (QED) is 0.875. The molecule has 0 unspecified atom stereocenters. The molecule has 0 radical (unpaired) electrons. The van der Waals surface area contributed by atoms with Gasteiger partial charge in [-0.05, 0) is 25.1 Å². The molecule has 4 nitrogen and oxygen atoms in total. The summed E-state index contributed by atoms with van der Waals surface area (Å²) in [6, 6.07) is 7.78. The number of aromatic nitrogens is 1. The highest BCUT2D eigenvalue weighted by atomic mass is 16.5. The smallest absolute Gasteiger partial charge is 0.122 e. The van der Waals surface area contributed by atoms with E-state index in [1.807, 2.05) is 29.7 Å². The Morgan fingerprint density at radius 2 is 2.24 bits per heavy atom. The van der Waals surface area contributed by atoms with Crippen molar-refractivity contribution in [1.29, 1.82) is 5.26 Å². The largest absolute Gasteiger partial charge is 0.496 e. The minimum absolute atomic E-state index is 0.0174. The average molecular weight is 230 g/mol. The SMILES string of the molecule is COc1ccc2c(cc(C#N)n2CCO)c1C. The van der Waals surface area contributed by atoms with Crippen LogP contribution in [0.1, 0.15) is 11.3 Å². The maximum absolute atomic E-state index is 9.08. The number of fused-ring (bicyclic) bond motifs is 1. The minimum atomic E-state index is 0.0174. The Hall–Kier alpha value is -1.99. The van der Waals surface area contributed by atoms with Gasteiger partial charge in [0, 0.05) is 23.0 Å². The van der Waals surface area contributed by atoms with Crippen LogP contribution in [0.3, 0.4) is 0 Å². The van der Waals surface area contributed by atoms with E-state index in [1.54, 1.807) is 7.11 Å². The van der Waals surface area contributed by atoms with Crippen molar-refractivity contribution < 1.29 is 9.84 Å². The van der Waals surface area contributed by atoms with Gasteiger partial charge in [-0.2, -0.15) is 5.26 Å². The second-order valence-electron chi connectivity index (χ2n) is 3.84. The third-order valence-corrected chi connectivity index (χ3v) is 2.96. The van der Waals surface area contributed by atoms with Crippen LogP contribution in [0.15, 0.2) is 18.2 Å². The molecule has 1 heterocycles. The second kappa shape index (κ2) is 4.48. The number of hydrogen-bond acceptors (Lipinski definition) is 3. The van der Waals surface area contributed by atoms with E-state index >= 15 is 0 Å². The Balaban J connectivity index is 2.74. The summed E-state index contributed by atoms with van der Waals surface area (Å²) in [5, 5.41) is 19.1. The van der Waals surface area contributed by atoms with Crippen molar-refractivity contribution in [1.82, 2.24) is 4.57 Å². The fraction of sp³-hybridized carbons (Fsp3) is 0.308. The Morgan fingerprint density at radius 3 is 2.82 bits per heavy atom. The zero-order valence-corrected chi connectivity index (χ0v) is 9.90. The van der Waals surface area contributed by atoms with Crippen molar-refractivity contribution in [2.75, 3.05) is 13.7 Å². The van der Waals surface area contributed by atoms with Gasteiger partial charge in [-0.15, -0.1) is 0 Å². The lowest BCUT2D eigenvalue weighted by molar-refractivity contribution is 0.277. The average Bonchev–Trinajstić information content (AvgIpc) is 2.70. The topological polar surface area (TPSA) is 58.2 Å².